The summed E-state index contributed by atoms with van der Waals surface area (Å²) >= 11 is 0. The molecule has 1 aromatic heterocycles. The summed E-state index contributed by atoms with van der Waals surface area (Å²) in [4.78, 5) is 2.21. The molecule has 35 heavy (non-hydrogen) atoms. The number of benzene rings is 2. The van der Waals surface area contributed by atoms with Crippen molar-refractivity contribution in [3.63, 3.8) is 0 Å². The molecule has 1 atom stereocenters. The van der Waals surface area contributed by atoms with Gasteiger partial charge in [-0.25, -0.2) is 9.07 Å². The number of halogens is 1. The smallest absolute Gasteiger partial charge is 0.227 e. The maximum atomic E-state index is 13.5. The number of aryl methyl sites for hydroxylation is 1. The van der Waals surface area contributed by atoms with Crippen molar-refractivity contribution in [2.24, 2.45) is 0 Å². The second-order valence-electron chi connectivity index (χ2n) is 9.70. The van der Waals surface area contributed by atoms with Gasteiger partial charge in [-0.2, -0.15) is 5.10 Å². The third-order valence-corrected chi connectivity index (χ3v) is 5.48. The Morgan fingerprint density at radius 2 is 1.74 bits per heavy atom. The maximum absolute atomic E-state index is 13.5. The SMILES string of the molecule is CCCN(Cc1c(CC)nn(-c2ccccc2)c1Oc1ccc(F)cc1)CC(O)COC(C)(C)C. The first-order valence-electron chi connectivity index (χ1n) is 12.3. The van der Waals surface area contributed by atoms with E-state index in [-0.39, 0.29) is 18.0 Å². The molecular formula is C28H38FN3O3. The lowest BCUT2D eigenvalue weighted by Crippen LogP contribution is -2.37. The van der Waals surface area contributed by atoms with Crippen LogP contribution < -0.4 is 4.74 Å². The zero-order valence-corrected chi connectivity index (χ0v) is 21.5. The molecule has 0 amide bonds. The van der Waals surface area contributed by atoms with Crippen LogP contribution in [0.1, 0.15) is 52.3 Å². The standard InChI is InChI=1S/C28H38FN3O3/c1-6-17-31(18-23(33)20-34-28(3,4)5)19-25-26(7-2)30-32(22-11-9-8-10-12-22)27(25)35-24-15-13-21(29)14-16-24/h8-16,23,33H,6-7,17-20H2,1-5H3. The Labute approximate surface area is 208 Å². The first kappa shape index (κ1) is 26.9. The van der Waals surface area contributed by atoms with Crippen LogP contribution in [0.5, 0.6) is 11.6 Å². The Hall–Kier alpha value is -2.74. The first-order valence-corrected chi connectivity index (χ1v) is 12.3. The molecule has 0 aliphatic carbocycles. The summed E-state index contributed by atoms with van der Waals surface area (Å²) < 4.78 is 27.4. The first-order chi connectivity index (χ1) is 16.7. The third-order valence-electron chi connectivity index (χ3n) is 5.48. The van der Waals surface area contributed by atoms with Crippen molar-refractivity contribution in [3.8, 4) is 17.3 Å². The summed E-state index contributed by atoms with van der Waals surface area (Å²) in [5.41, 5.74) is 2.45. The molecule has 1 heterocycles. The monoisotopic (exact) mass is 483 g/mol. The summed E-state index contributed by atoms with van der Waals surface area (Å²) in [5.74, 6) is 0.818. The number of hydrogen-bond acceptors (Lipinski definition) is 5. The predicted molar refractivity (Wildman–Crippen MR) is 137 cm³/mol. The van der Waals surface area contributed by atoms with E-state index in [0.29, 0.717) is 24.7 Å². The molecule has 0 fully saturated rings. The zero-order chi connectivity index (χ0) is 25.4. The van der Waals surface area contributed by atoms with Gasteiger partial charge in [-0.3, -0.25) is 4.90 Å². The van der Waals surface area contributed by atoms with Crippen molar-refractivity contribution >= 4 is 0 Å². The fraction of sp³-hybridized carbons (Fsp3) is 0.464. The van der Waals surface area contributed by atoms with Gasteiger partial charge in [0, 0.05) is 13.1 Å². The normalized spacial score (nSPS) is 12.8. The Morgan fingerprint density at radius 1 is 1.06 bits per heavy atom. The van der Waals surface area contributed by atoms with Crippen molar-refractivity contribution in [3.05, 3.63) is 71.7 Å². The molecule has 0 saturated heterocycles. The van der Waals surface area contributed by atoms with Crippen molar-refractivity contribution in [2.75, 3.05) is 19.7 Å². The number of nitrogens with zero attached hydrogens (tertiary/aromatic N) is 3. The minimum absolute atomic E-state index is 0.270. The summed E-state index contributed by atoms with van der Waals surface area (Å²) in [6.45, 7) is 12.2. The Balaban J connectivity index is 1.94. The Kier molecular flexibility index (Phi) is 9.43. The molecule has 7 heteroatoms. The van der Waals surface area contributed by atoms with Crippen LogP contribution in [0.25, 0.3) is 5.69 Å². The van der Waals surface area contributed by atoms with Gasteiger partial charge >= 0.3 is 0 Å². The molecule has 0 saturated carbocycles. The number of rotatable bonds is 12. The van der Waals surface area contributed by atoms with Gasteiger partial charge in [-0.1, -0.05) is 32.0 Å². The van der Waals surface area contributed by atoms with Gasteiger partial charge < -0.3 is 14.6 Å². The summed E-state index contributed by atoms with van der Waals surface area (Å²) in [6, 6.07) is 15.8. The lowest BCUT2D eigenvalue weighted by molar-refractivity contribution is -0.0567. The minimum Gasteiger partial charge on any atom is -0.439 e. The van der Waals surface area contributed by atoms with Crippen LogP contribution in [0.3, 0.4) is 0 Å². The van der Waals surface area contributed by atoms with Crippen LogP contribution in [-0.2, 0) is 17.7 Å². The molecule has 2 aromatic carbocycles. The zero-order valence-electron chi connectivity index (χ0n) is 21.5. The highest BCUT2D eigenvalue weighted by molar-refractivity contribution is 5.43. The van der Waals surface area contributed by atoms with Crippen LogP contribution in [0, 0.1) is 5.82 Å². The highest BCUT2D eigenvalue weighted by atomic mass is 19.1. The van der Waals surface area contributed by atoms with Crippen molar-refractivity contribution in [1.29, 1.82) is 0 Å². The fourth-order valence-electron chi connectivity index (χ4n) is 3.86. The summed E-state index contributed by atoms with van der Waals surface area (Å²) in [7, 11) is 0. The highest BCUT2D eigenvalue weighted by Gasteiger charge is 2.24. The molecule has 6 nitrogen and oxygen atoms in total. The van der Waals surface area contributed by atoms with Crippen LogP contribution in [0.2, 0.25) is 0 Å². The van der Waals surface area contributed by atoms with Gasteiger partial charge in [0.1, 0.15) is 11.6 Å². The van der Waals surface area contributed by atoms with E-state index in [0.717, 1.165) is 36.3 Å². The van der Waals surface area contributed by atoms with Crippen LogP contribution in [0.4, 0.5) is 4.39 Å². The van der Waals surface area contributed by atoms with Gasteiger partial charge in [0.15, 0.2) is 0 Å². The molecule has 0 aliphatic heterocycles. The lowest BCUT2D eigenvalue weighted by Gasteiger charge is -2.27. The van der Waals surface area contributed by atoms with Crippen LogP contribution >= 0.6 is 0 Å². The van der Waals surface area contributed by atoms with Crippen LogP contribution in [-0.4, -0.2) is 51.2 Å². The van der Waals surface area contributed by atoms with Gasteiger partial charge in [0.25, 0.3) is 0 Å². The van der Waals surface area contributed by atoms with E-state index in [1.807, 2.05) is 51.1 Å². The van der Waals surface area contributed by atoms with E-state index < -0.39 is 6.10 Å². The highest BCUT2D eigenvalue weighted by Crippen LogP contribution is 2.32. The average molecular weight is 484 g/mol. The number of aromatic nitrogens is 2. The van der Waals surface area contributed by atoms with Gasteiger partial charge in [-0.05, 0) is 76.6 Å². The maximum Gasteiger partial charge on any atom is 0.227 e. The predicted octanol–water partition coefficient (Wildman–Crippen LogP) is 5.75. The second kappa shape index (κ2) is 12.3. The molecule has 0 aliphatic rings. The Bertz CT molecular complexity index is 1050. The number of aliphatic hydroxyl groups excluding tert-OH is 1. The third kappa shape index (κ3) is 7.88. The van der Waals surface area contributed by atoms with E-state index >= 15 is 0 Å². The van der Waals surface area contributed by atoms with E-state index in [1.54, 1.807) is 16.8 Å². The van der Waals surface area contributed by atoms with Crippen molar-refractivity contribution < 1.29 is 19.0 Å². The van der Waals surface area contributed by atoms with Crippen molar-refractivity contribution in [2.45, 2.75) is 65.7 Å². The van der Waals surface area contributed by atoms with Gasteiger partial charge in [0.05, 0.1) is 35.3 Å². The molecule has 0 spiro atoms. The minimum atomic E-state index is -0.614. The molecule has 0 bridgehead atoms. The number of aliphatic hydroxyl groups is 1. The molecule has 1 N–H and O–H groups in total. The molecule has 3 aromatic rings. The number of para-hydroxylation sites is 1. The van der Waals surface area contributed by atoms with E-state index in [1.165, 1.54) is 12.1 Å². The quantitative estimate of drug-likeness (QED) is 0.355. The largest absolute Gasteiger partial charge is 0.439 e. The van der Waals surface area contributed by atoms with E-state index in [4.69, 9.17) is 14.6 Å². The summed E-state index contributed by atoms with van der Waals surface area (Å²) in [5, 5.41) is 15.6. The van der Waals surface area contributed by atoms with E-state index in [9.17, 15) is 9.50 Å². The van der Waals surface area contributed by atoms with Crippen LogP contribution in [0.15, 0.2) is 54.6 Å². The Morgan fingerprint density at radius 3 is 2.34 bits per heavy atom. The molecule has 190 valence electrons. The fourth-order valence-corrected chi connectivity index (χ4v) is 3.86. The number of ether oxygens (including phenoxy) is 2. The number of hydrogen-bond donors (Lipinski definition) is 1. The summed E-state index contributed by atoms with van der Waals surface area (Å²) in [6.07, 6.45) is 1.05. The van der Waals surface area contributed by atoms with Gasteiger partial charge in [-0.15, -0.1) is 0 Å². The van der Waals surface area contributed by atoms with Crippen molar-refractivity contribution in [1.82, 2.24) is 14.7 Å². The lowest BCUT2D eigenvalue weighted by atomic mass is 10.1. The molecular weight excluding hydrogens is 445 g/mol. The average Bonchev–Trinajstić information content (AvgIpc) is 3.16. The molecule has 3 rings (SSSR count). The topological polar surface area (TPSA) is 59.8 Å². The molecule has 0 radical (unpaired) electrons. The van der Waals surface area contributed by atoms with Gasteiger partial charge in [0.2, 0.25) is 5.88 Å². The molecule has 1 unspecified atom stereocenters. The second-order valence-corrected chi connectivity index (χ2v) is 9.70. The van der Waals surface area contributed by atoms with E-state index in [2.05, 4.69) is 18.7 Å².